The number of hydrogen-bond donors (Lipinski definition) is 2. The fourth-order valence-electron chi connectivity index (χ4n) is 3.20. The number of phenols is 2. The Balaban J connectivity index is 1.43. The summed E-state index contributed by atoms with van der Waals surface area (Å²) in [4.78, 5) is 14.4. The lowest BCUT2D eigenvalue weighted by Crippen LogP contribution is -2.32. The molecule has 0 bridgehead atoms. The number of thioether (sulfide) groups is 3. The van der Waals surface area contributed by atoms with Crippen LogP contribution in [0, 0.1) is 0 Å². The number of amides is 1. The van der Waals surface area contributed by atoms with Gasteiger partial charge in [-0.2, -0.15) is 0 Å². The summed E-state index contributed by atoms with van der Waals surface area (Å²) in [5, 5.41) is 29.3. The smallest absolute Gasteiger partial charge is 0.239 e. The summed E-state index contributed by atoms with van der Waals surface area (Å²) >= 11 is 4.71. The van der Waals surface area contributed by atoms with Crippen molar-refractivity contribution >= 4 is 46.4 Å². The van der Waals surface area contributed by atoms with E-state index in [9.17, 15) is 15.0 Å². The molecule has 3 aliphatic heterocycles. The second kappa shape index (κ2) is 6.98. The molecule has 2 aromatic rings. The van der Waals surface area contributed by atoms with Gasteiger partial charge in [-0.1, -0.05) is 36.0 Å². The van der Waals surface area contributed by atoms with E-state index in [0.717, 1.165) is 16.2 Å². The molecule has 0 radical (unpaired) electrons. The number of carbonyl (C=O) groups excluding carboxylic acids is 1. The number of aromatic hydroxyl groups is 2. The highest BCUT2D eigenvalue weighted by atomic mass is 32.2. The molecule has 1 amide bonds. The van der Waals surface area contributed by atoms with Crippen LogP contribution in [0.3, 0.4) is 0 Å². The van der Waals surface area contributed by atoms with Crippen LogP contribution in [0.25, 0.3) is 0 Å². The van der Waals surface area contributed by atoms with Crippen molar-refractivity contribution in [2.24, 2.45) is 5.10 Å². The molecule has 6 nitrogen and oxygen atoms in total. The highest BCUT2D eigenvalue weighted by molar-refractivity contribution is 8.18. The highest BCUT2D eigenvalue weighted by Crippen LogP contribution is 2.52. The van der Waals surface area contributed by atoms with E-state index in [1.54, 1.807) is 52.7 Å². The van der Waals surface area contributed by atoms with Crippen LogP contribution in [-0.2, 0) is 4.79 Å². The van der Waals surface area contributed by atoms with E-state index in [1.807, 2.05) is 29.3 Å². The molecule has 2 aromatic carbocycles. The van der Waals surface area contributed by atoms with Gasteiger partial charge >= 0.3 is 0 Å². The largest absolute Gasteiger partial charge is 0.508 e. The maximum absolute atomic E-state index is 12.6. The lowest BCUT2D eigenvalue weighted by Gasteiger charge is -2.23. The van der Waals surface area contributed by atoms with Crippen LogP contribution in [0.5, 0.6) is 11.5 Å². The molecule has 2 unspecified atom stereocenters. The summed E-state index contributed by atoms with van der Waals surface area (Å²) in [6, 6.07) is 14.1. The zero-order chi connectivity index (χ0) is 19.3. The molecule has 28 heavy (non-hydrogen) atoms. The van der Waals surface area contributed by atoms with Gasteiger partial charge in [-0.25, -0.2) is 5.01 Å². The van der Waals surface area contributed by atoms with Crippen LogP contribution in [0.2, 0.25) is 0 Å². The van der Waals surface area contributed by atoms with Gasteiger partial charge in [0.25, 0.3) is 0 Å². The zero-order valence-corrected chi connectivity index (χ0v) is 16.9. The molecular formula is C19H15N3O3S3. The summed E-state index contributed by atoms with van der Waals surface area (Å²) in [6.07, 6.45) is 0. The van der Waals surface area contributed by atoms with Crippen molar-refractivity contribution < 1.29 is 15.0 Å². The third-order valence-corrected chi connectivity index (χ3v) is 7.99. The van der Waals surface area contributed by atoms with Crippen LogP contribution in [-0.4, -0.2) is 36.9 Å². The average Bonchev–Trinajstić information content (AvgIpc) is 3.37. The number of benzene rings is 2. The van der Waals surface area contributed by atoms with Crippen LogP contribution in [0.15, 0.2) is 64.1 Å². The van der Waals surface area contributed by atoms with Crippen LogP contribution >= 0.6 is 35.3 Å². The highest BCUT2D eigenvalue weighted by Gasteiger charge is 2.42. The van der Waals surface area contributed by atoms with Gasteiger partial charge in [-0.15, -0.1) is 16.9 Å². The molecule has 0 saturated carbocycles. The SMILES string of the molecule is O=C1CSC(c2ccc(O)cc2)N1C1=NN2C(=CSC2c2ccc(O)cc2)S1. The Morgan fingerprint density at radius 2 is 1.54 bits per heavy atom. The number of hydrazone groups is 1. The topological polar surface area (TPSA) is 76.4 Å². The minimum absolute atomic E-state index is 0.0157. The number of rotatable bonds is 2. The van der Waals surface area contributed by atoms with Gasteiger partial charge < -0.3 is 10.2 Å². The third-order valence-electron chi connectivity index (χ3n) is 4.57. The first-order chi connectivity index (χ1) is 13.6. The quantitative estimate of drug-likeness (QED) is 0.740. The van der Waals surface area contributed by atoms with E-state index < -0.39 is 0 Å². The van der Waals surface area contributed by atoms with Crippen molar-refractivity contribution in [3.63, 3.8) is 0 Å². The molecule has 142 valence electrons. The summed E-state index contributed by atoms with van der Waals surface area (Å²) in [5.74, 6) is 0.874. The first-order valence-electron chi connectivity index (χ1n) is 8.53. The van der Waals surface area contributed by atoms with E-state index in [1.165, 1.54) is 11.8 Å². The molecule has 2 atom stereocenters. The van der Waals surface area contributed by atoms with Gasteiger partial charge in [0.05, 0.1) is 5.75 Å². The Morgan fingerprint density at radius 3 is 2.18 bits per heavy atom. The van der Waals surface area contributed by atoms with Crippen molar-refractivity contribution in [3.05, 3.63) is 70.1 Å². The van der Waals surface area contributed by atoms with Crippen molar-refractivity contribution in [2.45, 2.75) is 10.7 Å². The van der Waals surface area contributed by atoms with E-state index in [0.29, 0.717) is 10.9 Å². The Kier molecular flexibility index (Phi) is 4.45. The predicted octanol–water partition coefficient (Wildman–Crippen LogP) is 4.24. The van der Waals surface area contributed by atoms with E-state index >= 15 is 0 Å². The lowest BCUT2D eigenvalue weighted by atomic mass is 10.2. The fourth-order valence-corrected chi connectivity index (χ4v) is 6.65. The van der Waals surface area contributed by atoms with Crippen LogP contribution in [0.4, 0.5) is 0 Å². The van der Waals surface area contributed by atoms with E-state index in [-0.39, 0.29) is 28.2 Å². The van der Waals surface area contributed by atoms with E-state index in [4.69, 9.17) is 5.10 Å². The number of nitrogens with zero attached hydrogens (tertiary/aromatic N) is 3. The van der Waals surface area contributed by atoms with Gasteiger partial charge in [-0.3, -0.25) is 9.69 Å². The molecular weight excluding hydrogens is 414 g/mol. The summed E-state index contributed by atoms with van der Waals surface area (Å²) in [5.41, 5.74) is 2.00. The Bertz CT molecular complexity index is 992. The molecule has 3 heterocycles. The zero-order valence-electron chi connectivity index (χ0n) is 14.4. The molecule has 5 rings (SSSR count). The van der Waals surface area contributed by atoms with Crippen LogP contribution < -0.4 is 0 Å². The summed E-state index contributed by atoms with van der Waals surface area (Å²) in [6.45, 7) is 0. The number of phenolic OH excluding ortho intramolecular Hbond substituents is 2. The summed E-state index contributed by atoms with van der Waals surface area (Å²) < 4.78 is 0. The molecule has 0 spiro atoms. The van der Waals surface area contributed by atoms with Gasteiger partial charge in [-0.05, 0) is 47.2 Å². The second-order valence-electron chi connectivity index (χ2n) is 6.38. The molecule has 0 aliphatic carbocycles. The molecule has 1 fully saturated rings. The number of fused-ring (bicyclic) bond motifs is 1. The first kappa shape index (κ1) is 17.8. The molecule has 0 aromatic heterocycles. The van der Waals surface area contributed by atoms with Crippen molar-refractivity contribution in [3.8, 4) is 11.5 Å². The maximum atomic E-state index is 12.6. The molecule has 9 heteroatoms. The van der Waals surface area contributed by atoms with Gasteiger partial charge in [0.15, 0.2) is 5.17 Å². The Hall–Kier alpha value is -2.23. The van der Waals surface area contributed by atoms with Crippen molar-refractivity contribution in [1.82, 2.24) is 9.91 Å². The summed E-state index contributed by atoms with van der Waals surface area (Å²) in [7, 11) is 0. The standard InChI is InChI=1S/C19H15N3O3S3/c23-13-5-1-11(2-6-13)17-21(15(25)9-26-17)19-20-22-16(28-19)10-27-18(22)12-3-7-14(24)8-4-12/h1-8,10,17-18,23-24H,9H2. The van der Waals surface area contributed by atoms with Gasteiger partial charge in [0.1, 0.15) is 27.3 Å². The molecule has 1 saturated heterocycles. The average molecular weight is 430 g/mol. The molecule has 3 aliphatic rings. The molecule has 2 N–H and O–H groups in total. The van der Waals surface area contributed by atoms with Gasteiger partial charge in [0.2, 0.25) is 5.91 Å². The van der Waals surface area contributed by atoms with Gasteiger partial charge in [0, 0.05) is 5.41 Å². The van der Waals surface area contributed by atoms with E-state index in [2.05, 4.69) is 5.41 Å². The fraction of sp³-hybridized carbons (Fsp3) is 0.158. The normalized spacial score (nSPS) is 23.8. The maximum Gasteiger partial charge on any atom is 0.239 e. The Morgan fingerprint density at radius 1 is 0.929 bits per heavy atom. The Labute approximate surface area is 174 Å². The second-order valence-corrected chi connectivity index (χ2v) is 9.39. The third kappa shape index (κ3) is 3.03. The number of hydrogen-bond acceptors (Lipinski definition) is 8. The van der Waals surface area contributed by atoms with Crippen molar-refractivity contribution in [1.29, 1.82) is 0 Å². The lowest BCUT2D eigenvalue weighted by molar-refractivity contribution is -0.124. The first-order valence-corrected chi connectivity index (χ1v) is 11.3. The van der Waals surface area contributed by atoms with Crippen molar-refractivity contribution in [2.75, 3.05) is 5.75 Å². The monoisotopic (exact) mass is 429 g/mol. The minimum Gasteiger partial charge on any atom is -0.508 e. The number of amidine groups is 1. The predicted molar refractivity (Wildman–Crippen MR) is 114 cm³/mol. The number of carbonyl (C=O) groups is 1. The minimum atomic E-state index is -0.153. The van der Waals surface area contributed by atoms with Crippen LogP contribution in [0.1, 0.15) is 21.9 Å².